The molecule has 3 atom stereocenters. The molecule has 7 nitrogen and oxygen atoms in total. The summed E-state index contributed by atoms with van der Waals surface area (Å²) >= 11 is 0. The molecule has 0 bridgehead atoms. The van der Waals surface area contributed by atoms with Gasteiger partial charge in [-0.05, 0) is 44.4 Å². The lowest BCUT2D eigenvalue weighted by molar-refractivity contribution is -0.139. The molecule has 0 aromatic rings. The van der Waals surface area contributed by atoms with Gasteiger partial charge in [-0.1, -0.05) is 19.3 Å². The first kappa shape index (κ1) is 21.5. The third-order valence-corrected chi connectivity index (χ3v) is 6.44. The van der Waals surface area contributed by atoms with Gasteiger partial charge in [-0.2, -0.15) is 0 Å². The van der Waals surface area contributed by atoms with E-state index in [1.54, 1.807) is 0 Å². The van der Waals surface area contributed by atoms with Gasteiger partial charge in [0.2, 0.25) is 11.8 Å². The molecule has 7 heteroatoms. The number of amides is 2. The predicted octanol–water partition coefficient (Wildman–Crippen LogP) is 1.52. The zero-order valence-corrected chi connectivity index (χ0v) is 16.9. The van der Waals surface area contributed by atoms with Crippen molar-refractivity contribution in [3.63, 3.8) is 0 Å². The summed E-state index contributed by atoms with van der Waals surface area (Å²) in [5.41, 5.74) is 0. The fraction of sp³-hybridized carbons (Fsp3) is 0.905. The molecule has 3 N–H and O–H groups in total. The van der Waals surface area contributed by atoms with Crippen molar-refractivity contribution < 1.29 is 24.2 Å². The van der Waals surface area contributed by atoms with Crippen LogP contribution < -0.4 is 10.6 Å². The Kier molecular flexibility index (Phi) is 8.55. The molecule has 2 amide bonds. The van der Waals surface area contributed by atoms with E-state index in [4.69, 9.17) is 9.47 Å². The van der Waals surface area contributed by atoms with Crippen molar-refractivity contribution in [2.24, 2.45) is 11.8 Å². The first-order valence-electron chi connectivity index (χ1n) is 11.1. The van der Waals surface area contributed by atoms with Crippen LogP contribution in [0.4, 0.5) is 0 Å². The Bertz CT molecular complexity index is 503. The van der Waals surface area contributed by atoms with Crippen LogP contribution in [-0.4, -0.2) is 61.5 Å². The van der Waals surface area contributed by atoms with E-state index in [1.165, 1.54) is 32.1 Å². The summed E-state index contributed by atoms with van der Waals surface area (Å²) in [5.74, 6) is 0.646. The summed E-state index contributed by atoms with van der Waals surface area (Å²) in [4.78, 5) is 24.7. The zero-order chi connectivity index (χ0) is 19.8. The van der Waals surface area contributed by atoms with E-state index in [1.807, 2.05) is 0 Å². The van der Waals surface area contributed by atoms with E-state index in [-0.39, 0.29) is 36.5 Å². The number of carbonyl (C=O) groups excluding carboxylic acids is 2. The van der Waals surface area contributed by atoms with Gasteiger partial charge in [-0.15, -0.1) is 0 Å². The van der Waals surface area contributed by atoms with Crippen LogP contribution in [-0.2, 0) is 19.1 Å². The molecule has 28 heavy (non-hydrogen) atoms. The second-order valence-corrected chi connectivity index (χ2v) is 8.57. The third-order valence-electron chi connectivity index (χ3n) is 6.44. The summed E-state index contributed by atoms with van der Waals surface area (Å²) in [6.07, 6.45) is 8.87. The van der Waals surface area contributed by atoms with E-state index in [0.717, 1.165) is 25.8 Å². The van der Waals surface area contributed by atoms with Crippen molar-refractivity contribution in [1.82, 2.24) is 10.6 Å². The Morgan fingerprint density at radius 3 is 2.43 bits per heavy atom. The molecule has 0 aromatic carbocycles. The van der Waals surface area contributed by atoms with Crippen LogP contribution in [0.3, 0.4) is 0 Å². The molecule has 0 unspecified atom stereocenters. The predicted molar refractivity (Wildman–Crippen MR) is 105 cm³/mol. The Labute approximate surface area is 167 Å². The first-order valence-corrected chi connectivity index (χ1v) is 11.1. The van der Waals surface area contributed by atoms with E-state index >= 15 is 0 Å². The average molecular weight is 397 g/mol. The second-order valence-electron chi connectivity index (χ2n) is 8.57. The minimum absolute atomic E-state index is 0.0172. The van der Waals surface area contributed by atoms with Crippen LogP contribution in [0.2, 0.25) is 0 Å². The van der Waals surface area contributed by atoms with Crippen molar-refractivity contribution in [2.45, 2.75) is 82.5 Å². The molecule has 1 aliphatic carbocycles. The van der Waals surface area contributed by atoms with E-state index in [2.05, 4.69) is 10.6 Å². The molecular formula is C21H36N2O5. The molecule has 0 aromatic heterocycles. The normalized spacial score (nSPS) is 30.0. The summed E-state index contributed by atoms with van der Waals surface area (Å²) in [6, 6.07) is -0.193. The molecule has 0 spiro atoms. The van der Waals surface area contributed by atoms with Crippen LogP contribution >= 0.6 is 0 Å². The number of hydrogen-bond donors (Lipinski definition) is 3. The largest absolute Gasteiger partial charge is 0.394 e. The van der Waals surface area contributed by atoms with Gasteiger partial charge in [0.05, 0.1) is 25.2 Å². The monoisotopic (exact) mass is 396 g/mol. The highest BCUT2D eigenvalue weighted by atomic mass is 16.5. The molecule has 2 aliphatic heterocycles. The van der Waals surface area contributed by atoms with Crippen molar-refractivity contribution >= 4 is 11.8 Å². The first-order chi connectivity index (χ1) is 13.7. The molecule has 3 aliphatic rings. The highest BCUT2D eigenvalue weighted by Crippen LogP contribution is 2.25. The van der Waals surface area contributed by atoms with Gasteiger partial charge in [-0.25, -0.2) is 0 Å². The van der Waals surface area contributed by atoms with Gasteiger partial charge >= 0.3 is 0 Å². The van der Waals surface area contributed by atoms with Crippen LogP contribution in [0.25, 0.3) is 0 Å². The van der Waals surface area contributed by atoms with Gasteiger partial charge in [0.15, 0.2) is 0 Å². The molecule has 2 heterocycles. The molecule has 1 saturated carbocycles. The minimum atomic E-state index is -0.450. The maximum atomic E-state index is 12.5. The highest BCUT2D eigenvalue weighted by Gasteiger charge is 2.34. The van der Waals surface area contributed by atoms with Crippen LogP contribution in [0, 0.1) is 11.8 Å². The van der Waals surface area contributed by atoms with Crippen molar-refractivity contribution in [2.75, 3.05) is 26.4 Å². The van der Waals surface area contributed by atoms with Crippen molar-refractivity contribution in [3.8, 4) is 0 Å². The highest BCUT2D eigenvalue weighted by molar-refractivity contribution is 5.79. The summed E-state index contributed by atoms with van der Waals surface area (Å²) in [6.45, 7) is 1.86. The van der Waals surface area contributed by atoms with Gasteiger partial charge in [0, 0.05) is 25.7 Å². The summed E-state index contributed by atoms with van der Waals surface area (Å²) in [5, 5.41) is 15.8. The quantitative estimate of drug-likeness (QED) is 0.606. The maximum Gasteiger partial charge on any atom is 0.223 e. The Morgan fingerprint density at radius 1 is 0.964 bits per heavy atom. The van der Waals surface area contributed by atoms with Gasteiger partial charge < -0.3 is 25.2 Å². The number of aliphatic hydroxyl groups excluding tert-OH is 1. The van der Waals surface area contributed by atoms with E-state index in [0.29, 0.717) is 32.0 Å². The van der Waals surface area contributed by atoms with Crippen molar-refractivity contribution in [1.29, 1.82) is 0 Å². The van der Waals surface area contributed by atoms with Gasteiger partial charge in [-0.3, -0.25) is 9.59 Å². The fourth-order valence-corrected chi connectivity index (χ4v) is 4.64. The van der Waals surface area contributed by atoms with E-state index in [9.17, 15) is 14.7 Å². The van der Waals surface area contributed by atoms with Gasteiger partial charge in [0.25, 0.3) is 0 Å². The number of aliphatic hydroxyl groups is 1. The molecule has 0 radical (unpaired) electrons. The lowest BCUT2D eigenvalue weighted by Gasteiger charge is -2.37. The minimum Gasteiger partial charge on any atom is -0.394 e. The van der Waals surface area contributed by atoms with Crippen molar-refractivity contribution in [3.05, 3.63) is 0 Å². The smallest absolute Gasteiger partial charge is 0.223 e. The molecule has 2 saturated heterocycles. The van der Waals surface area contributed by atoms with Crippen LogP contribution in [0.1, 0.15) is 64.2 Å². The topological polar surface area (TPSA) is 96.9 Å². The molecular weight excluding hydrogens is 360 g/mol. The third kappa shape index (κ3) is 6.42. The number of ether oxygens (including phenoxy) is 2. The fourth-order valence-electron chi connectivity index (χ4n) is 4.64. The van der Waals surface area contributed by atoms with E-state index < -0.39 is 6.10 Å². The zero-order valence-electron chi connectivity index (χ0n) is 16.9. The summed E-state index contributed by atoms with van der Waals surface area (Å²) < 4.78 is 11.3. The van der Waals surface area contributed by atoms with Crippen LogP contribution in [0.5, 0.6) is 0 Å². The standard InChI is InChI=1S/C21H36N2O5/c24-14-19-18(23-21(26)16-8-10-27-11-9-16)7-6-17(28-19)12-20(25)22-13-15-4-2-1-3-5-15/h15-19,24H,1-14H2,(H,22,25)(H,23,26)/t17-,18+,19-/m1/s1. The van der Waals surface area contributed by atoms with Crippen LogP contribution in [0.15, 0.2) is 0 Å². The lowest BCUT2D eigenvalue weighted by atomic mass is 9.89. The SMILES string of the molecule is O=C(C[C@H]1CC[C@H](NC(=O)C2CCOCC2)[C@@H](CO)O1)NCC1CCCCC1. The maximum absolute atomic E-state index is 12.5. The Morgan fingerprint density at radius 2 is 1.71 bits per heavy atom. The molecule has 3 rings (SSSR count). The number of rotatable bonds is 7. The van der Waals surface area contributed by atoms with Gasteiger partial charge in [0.1, 0.15) is 6.10 Å². The Hall–Kier alpha value is -1.18. The number of carbonyl (C=O) groups is 2. The second kappa shape index (κ2) is 11.1. The summed E-state index contributed by atoms with van der Waals surface area (Å²) in [7, 11) is 0. The molecule has 160 valence electrons. The lowest BCUT2D eigenvalue weighted by Crippen LogP contribution is -2.53. The Balaban J connectivity index is 1.39. The number of nitrogens with one attached hydrogen (secondary N) is 2. The molecule has 3 fully saturated rings. The number of hydrogen-bond acceptors (Lipinski definition) is 5. The average Bonchev–Trinajstić information content (AvgIpc) is 2.74.